The summed E-state index contributed by atoms with van der Waals surface area (Å²) in [6.45, 7) is 4.24. The number of hydrogen-bond donors (Lipinski definition) is 2. The van der Waals surface area contributed by atoms with Crippen molar-refractivity contribution in [3.05, 3.63) is 30.1 Å². The summed E-state index contributed by atoms with van der Waals surface area (Å²) in [7, 11) is 3.13. The summed E-state index contributed by atoms with van der Waals surface area (Å²) in [5.74, 6) is 3.00. The van der Waals surface area contributed by atoms with Gasteiger partial charge >= 0.3 is 0 Å². The molecule has 2 unspecified atom stereocenters. The van der Waals surface area contributed by atoms with E-state index in [1.807, 2.05) is 17.0 Å². The molecule has 1 aliphatic heterocycles. The van der Waals surface area contributed by atoms with Crippen LogP contribution < -0.4 is 24.0 Å². The van der Waals surface area contributed by atoms with E-state index < -0.39 is 23.6 Å². The van der Waals surface area contributed by atoms with Gasteiger partial charge in [-0.05, 0) is 31.5 Å². The van der Waals surface area contributed by atoms with Gasteiger partial charge in [0.1, 0.15) is 42.4 Å². The molecule has 3 aromatic rings. The Bertz CT molecular complexity index is 1180. The van der Waals surface area contributed by atoms with Crippen LogP contribution in [0.3, 0.4) is 0 Å². The van der Waals surface area contributed by atoms with Crippen LogP contribution in [-0.2, 0) is 17.8 Å². The molecule has 0 bridgehead atoms. The van der Waals surface area contributed by atoms with Crippen molar-refractivity contribution in [3.63, 3.8) is 0 Å². The molecule has 3 heterocycles. The number of methoxy groups -OCH3 is 2. The van der Waals surface area contributed by atoms with Crippen LogP contribution in [0.25, 0.3) is 11.0 Å². The van der Waals surface area contributed by atoms with Crippen LogP contribution in [0.4, 0.5) is 11.8 Å². The van der Waals surface area contributed by atoms with Crippen LogP contribution in [0, 0.1) is 0 Å². The van der Waals surface area contributed by atoms with Crippen LogP contribution in [0.2, 0.25) is 0 Å². The molecule has 0 aliphatic carbocycles. The molecule has 0 spiro atoms. The lowest BCUT2D eigenvalue weighted by Gasteiger charge is -2.32. The SMILES string of the molecule is COc1ccc(COc2ncnc3c(N4CC[S+]([O-])CC4)nc(N(C(C)O)C(C)O)nc23)cc1OC. The second-order valence-electron chi connectivity index (χ2n) is 8.21. The number of anilines is 2. The normalized spacial score (nSPS) is 16.0. The van der Waals surface area contributed by atoms with Crippen LogP contribution in [0.15, 0.2) is 24.5 Å². The lowest BCUT2D eigenvalue weighted by Crippen LogP contribution is -2.43. The lowest BCUT2D eigenvalue weighted by atomic mass is 10.2. The molecule has 1 aliphatic rings. The predicted molar refractivity (Wildman–Crippen MR) is 135 cm³/mol. The largest absolute Gasteiger partial charge is 0.616 e. The number of rotatable bonds is 9. The van der Waals surface area contributed by atoms with Crippen LogP contribution in [0.1, 0.15) is 19.4 Å². The van der Waals surface area contributed by atoms with Gasteiger partial charge in [-0.1, -0.05) is 17.2 Å². The summed E-state index contributed by atoms with van der Waals surface area (Å²) in [4.78, 5) is 21.2. The molecule has 1 aromatic carbocycles. The van der Waals surface area contributed by atoms with E-state index in [9.17, 15) is 14.8 Å². The maximum Gasteiger partial charge on any atom is 0.244 e. The highest BCUT2D eigenvalue weighted by Crippen LogP contribution is 2.32. The van der Waals surface area contributed by atoms with Gasteiger partial charge in [0.15, 0.2) is 22.8 Å². The molecular formula is C23H30N6O6S. The highest BCUT2D eigenvalue weighted by molar-refractivity contribution is 7.91. The Kier molecular flexibility index (Phi) is 8.14. The third-order valence-electron chi connectivity index (χ3n) is 5.76. The average molecular weight is 519 g/mol. The maximum absolute atomic E-state index is 11.9. The van der Waals surface area contributed by atoms with Crippen molar-refractivity contribution in [1.82, 2.24) is 19.9 Å². The molecular weight excluding hydrogens is 488 g/mol. The average Bonchev–Trinajstić information content (AvgIpc) is 2.87. The van der Waals surface area contributed by atoms with Gasteiger partial charge in [0.05, 0.1) is 27.3 Å². The molecule has 1 fully saturated rings. The lowest BCUT2D eigenvalue weighted by molar-refractivity contribution is 0.103. The van der Waals surface area contributed by atoms with E-state index >= 15 is 0 Å². The minimum absolute atomic E-state index is 0.0972. The van der Waals surface area contributed by atoms with Crippen LogP contribution in [0.5, 0.6) is 17.4 Å². The molecule has 194 valence electrons. The Balaban J connectivity index is 1.75. The van der Waals surface area contributed by atoms with E-state index in [4.69, 9.17) is 14.2 Å². The van der Waals surface area contributed by atoms with Gasteiger partial charge in [0.2, 0.25) is 11.8 Å². The number of fused-ring (bicyclic) bond motifs is 1. The molecule has 1 saturated heterocycles. The zero-order valence-corrected chi connectivity index (χ0v) is 21.4. The van der Waals surface area contributed by atoms with Crippen molar-refractivity contribution >= 4 is 34.0 Å². The third kappa shape index (κ3) is 5.48. The number of ether oxygens (including phenoxy) is 3. The van der Waals surface area contributed by atoms with E-state index in [-0.39, 0.29) is 18.4 Å². The first kappa shape index (κ1) is 25.9. The molecule has 0 radical (unpaired) electrons. The van der Waals surface area contributed by atoms with Crippen LogP contribution >= 0.6 is 0 Å². The summed E-state index contributed by atoms with van der Waals surface area (Å²) in [6.07, 6.45) is -0.753. The fourth-order valence-corrected chi connectivity index (χ4v) is 5.01. The van der Waals surface area contributed by atoms with Crippen molar-refractivity contribution in [3.8, 4) is 17.4 Å². The first-order valence-corrected chi connectivity index (χ1v) is 12.9. The highest BCUT2D eigenvalue weighted by Gasteiger charge is 2.28. The first-order chi connectivity index (χ1) is 17.3. The zero-order chi connectivity index (χ0) is 25.8. The van der Waals surface area contributed by atoms with E-state index in [2.05, 4.69) is 19.9 Å². The Morgan fingerprint density at radius 1 is 1.03 bits per heavy atom. The van der Waals surface area contributed by atoms with Crippen molar-refractivity contribution in [2.45, 2.75) is 32.9 Å². The van der Waals surface area contributed by atoms with Gasteiger partial charge in [-0.15, -0.1) is 0 Å². The van der Waals surface area contributed by atoms with Gasteiger partial charge in [0, 0.05) is 0 Å². The van der Waals surface area contributed by atoms with Gasteiger partial charge in [-0.25, -0.2) is 9.97 Å². The number of aliphatic hydroxyl groups excluding tert-OH is 2. The summed E-state index contributed by atoms with van der Waals surface area (Å²) >= 11 is -0.883. The smallest absolute Gasteiger partial charge is 0.244 e. The topological polar surface area (TPSA) is 149 Å². The number of aromatic nitrogens is 4. The fraction of sp³-hybridized carbons (Fsp3) is 0.478. The summed E-state index contributed by atoms with van der Waals surface area (Å²) < 4.78 is 28.6. The molecule has 4 rings (SSSR count). The zero-order valence-electron chi connectivity index (χ0n) is 20.6. The van der Waals surface area contributed by atoms with Crippen molar-refractivity contribution in [2.24, 2.45) is 0 Å². The first-order valence-electron chi connectivity index (χ1n) is 11.4. The van der Waals surface area contributed by atoms with E-state index in [0.29, 0.717) is 52.9 Å². The quantitative estimate of drug-likeness (QED) is 0.308. The second-order valence-corrected chi connectivity index (χ2v) is 9.90. The van der Waals surface area contributed by atoms with Gasteiger partial charge < -0.3 is 33.9 Å². The Labute approximate surface area is 212 Å². The monoisotopic (exact) mass is 518 g/mol. The van der Waals surface area contributed by atoms with E-state index in [1.54, 1.807) is 20.3 Å². The molecule has 36 heavy (non-hydrogen) atoms. The standard InChI is InChI=1S/C23H30N6O6S/c1-14(30)29(15(2)31)23-26-20-19(21(27-23)28-7-9-36(32)10-8-28)24-13-25-22(20)35-12-16-5-6-17(33-3)18(11-16)34-4/h5-6,11,13-15,30-31H,7-10,12H2,1-4H3. The summed E-state index contributed by atoms with van der Waals surface area (Å²) in [6, 6.07) is 5.45. The fourth-order valence-electron chi connectivity index (χ4n) is 3.96. The molecule has 2 atom stereocenters. The number of benzene rings is 1. The molecule has 0 saturated carbocycles. The minimum atomic E-state index is -1.06. The molecule has 2 aromatic heterocycles. The van der Waals surface area contributed by atoms with Crippen molar-refractivity contribution < 1.29 is 29.0 Å². The molecule has 2 N–H and O–H groups in total. The Morgan fingerprint density at radius 2 is 1.72 bits per heavy atom. The van der Waals surface area contributed by atoms with Gasteiger partial charge in [-0.3, -0.25) is 4.90 Å². The Morgan fingerprint density at radius 3 is 2.36 bits per heavy atom. The van der Waals surface area contributed by atoms with E-state index in [0.717, 1.165) is 5.56 Å². The molecule has 13 heteroatoms. The predicted octanol–water partition coefficient (Wildman–Crippen LogP) is 1.07. The number of hydrogen-bond acceptors (Lipinski definition) is 12. The molecule has 12 nitrogen and oxygen atoms in total. The molecule has 0 amide bonds. The Hall–Kier alpha value is -3.13. The third-order valence-corrected chi connectivity index (χ3v) is 7.03. The second kappa shape index (κ2) is 11.3. The van der Waals surface area contributed by atoms with Gasteiger partial charge in [0.25, 0.3) is 0 Å². The van der Waals surface area contributed by atoms with Crippen molar-refractivity contribution in [2.75, 3.05) is 48.6 Å². The number of aliphatic hydroxyl groups is 2. The highest BCUT2D eigenvalue weighted by atomic mass is 32.2. The summed E-state index contributed by atoms with van der Waals surface area (Å²) in [5, 5.41) is 20.6. The summed E-state index contributed by atoms with van der Waals surface area (Å²) in [5.41, 5.74) is 1.61. The maximum atomic E-state index is 11.9. The van der Waals surface area contributed by atoms with Gasteiger partial charge in [-0.2, -0.15) is 9.97 Å². The van der Waals surface area contributed by atoms with E-state index in [1.165, 1.54) is 25.1 Å². The van der Waals surface area contributed by atoms with Crippen molar-refractivity contribution in [1.29, 1.82) is 0 Å². The minimum Gasteiger partial charge on any atom is -0.616 e. The number of nitrogens with zero attached hydrogens (tertiary/aromatic N) is 6. The van der Waals surface area contributed by atoms with Crippen LogP contribution in [-0.4, -0.2) is 86.0 Å².